The van der Waals surface area contributed by atoms with Gasteiger partial charge in [-0.05, 0) is 35.6 Å². The molecular formula is C15H15BrF3NS. The van der Waals surface area contributed by atoms with Crippen LogP contribution in [0.25, 0.3) is 0 Å². The monoisotopic (exact) mass is 377 g/mol. The van der Waals surface area contributed by atoms with Crippen LogP contribution in [0.2, 0.25) is 0 Å². The Balaban J connectivity index is 2.21. The van der Waals surface area contributed by atoms with Gasteiger partial charge in [0.1, 0.15) is 0 Å². The van der Waals surface area contributed by atoms with Gasteiger partial charge in [-0.2, -0.15) is 13.2 Å². The van der Waals surface area contributed by atoms with E-state index in [-0.39, 0.29) is 5.69 Å². The molecule has 1 aromatic heterocycles. The highest BCUT2D eigenvalue weighted by Gasteiger charge is 2.34. The highest BCUT2D eigenvalue weighted by atomic mass is 79.9. The Labute approximate surface area is 134 Å². The lowest BCUT2D eigenvalue weighted by atomic mass is 10.1. The molecule has 0 bridgehead atoms. The Hall–Kier alpha value is -1.01. The van der Waals surface area contributed by atoms with E-state index in [1.54, 1.807) is 35.4 Å². The summed E-state index contributed by atoms with van der Waals surface area (Å²) in [5, 5.41) is 2.39. The summed E-state index contributed by atoms with van der Waals surface area (Å²) in [6.07, 6.45) is -3.60. The van der Waals surface area contributed by atoms with E-state index in [1.807, 2.05) is 17.5 Å². The average Bonchev–Trinajstić information content (AvgIpc) is 2.96. The number of alkyl halides is 4. The second-order valence-electron chi connectivity index (χ2n) is 4.73. The van der Waals surface area contributed by atoms with Crippen LogP contribution in [0.4, 0.5) is 18.9 Å². The van der Waals surface area contributed by atoms with Crippen LogP contribution in [0.1, 0.15) is 16.0 Å². The number of likely N-dealkylation sites (N-methyl/N-ethyl adjacent to an activating group) is 1. The van der Waals surface area contributed by atoms with Crippen LogP contribution >= 0.6 is 27.3 Å². The maximum atomic E-state index is 13.2. The molecule has 0 spiro atoms. The van der Waals surface area contributed by atoms with E-state index in [0.29, 0.717) is 17.4 Å². The van der Waals surface area contributed by atoms with E-state index >= 15 is 0 Å². The number of anilines is 1. The zero-order chi connectivity index (χ0) is 15.5. The quantitative estimate of drug-likeness (QED) is 0.635. The van der Waals surface area contributed by atoms with Crippen LogP contribution in [0.15, 0.2) is 35.7 Å². The normalized spacial score (nSPS) is 11.7. The summed E-state index contributed by atoms with van der Waals surface area (Å²) in [5.74, 6) is 0. The van der Waals surface area contributed by atoms with E-state index in [2.05, 4.69) is 15.9 Å². The first-order valence-electron chi connectivity index (χ1n) is 6.41. The lowest BCUT2D eigenvalue weighted by Gasteiger charge is -2.24. The van der Waals surface area contributed by atoms with Gasteiger partial charge in [0, 0.05) is 29.5 Å². The van der Waals surface area contributed by atoms with Gasteiger partial charge in [0.25, 0.3) is 0 Å². The van der Waals surface area contributed by atoms with Crippen LogP contribution in [0.5, 0.6) is 0 Å². The van der Waals surface area contributed by atoms with Gasteiger partial charge in [0.15, 0.2) is 0 Å². The van der Waals surface area contributed by atoms with Crippen molar-refractivity contribution in [2.75, 3.05) is 18.5 Å². The Morgan fingerprint density at radius 2 is 2.00 bits per heavy atom. The number of rotatable bonds is 5. The standard InChI is InChI=1S/C15H15BrF3NS/c1-20(7-6-12-3-2-8-21-12)14-5-4-11(10-16)9-13(14)15(17,18)19/h2-5,8-9H,6-7,10H2,1H3. The van der Waals surface area contributed by atoms with E-state index in [9.17, 15) is 13.2 Å². The third kappa shape index (κ3) is 4.23. The van der Waals surface area contributed by atoms with Gasteiger partial charge in [-0.1, -0.05) is 28.1 Å². The fraction of sp³-hybridized carbons (Fsp3) is 0.333. The summed E-state index contributed by atoms with van der Waals surface area (Å²) >= 11 is 4.82. The molecule has 2 aromatic rings. The zero-order valence-electron chi connectivity index (χ0n) is 11.5. The highest BCUT2D eigenvalue weighted by molar-refractivity contribution is 9.08. The smallest absolute Gasteiger partial charge is 0.374 e. The van der Waals surface area contributed by atoms with E-state index in [1.165, 1.54) is 10.9 Å². The Morgan fingerprint density at radius 3 is 2.57 bits per heavy atom. The largest absolute Gasteiger partial charge is 0.418 e. The minimum atomic E-state index is -4.34. The lowest BCUT2D eigenvalue weighted by Crippen LogP contribution is -2.23. The molecule has 21 heavy (non-hydrogen) atoms. The first-order valence-corrected chi connectivity index (χ1v) is 8.41. The maximum absolute atomic E-state index is 13.2. The molecule has 0 saturated heterocycles. The third-order valence-electron chi connectivity index (χ3n) is 3.21. The van der Waals surface area contributed by atoms with Crippen LogP contribution in [0.3, 0.4) is 0 Å². The second-order valence-corrected chi connectivity index (χ2v) is 6.33. The molecule has 0 fully saturated rings. The minimum Gasteiger partial charge on any atom is -0.374 e. The molecule has 0 unspecified atom stereocenters. The van der Waals surface area contributed by atoms with E-state index in [4.69, 9.17) is 0 Å². The molecule has 0 aliphatic carbocycles. The van der Waals surface area contributed by atoms with Gasteiger partial charge in [0.2, 0.25) is 0 Å². The second kappa shape index (κ2) is 6.83. The van der Waals surface area contributed by atoms with Crippen molar-refractivity contribution in [2.24, 2.45) is 0 Å². The molecule has 1 heterocycles. The van der Waals surface area contributed by atoms with Crippen molar-refractivity contribution in [1.29, 1.82) is 0 Å². The summed E-state index contributed by atoms with van der Waals surface area (Å²) in [4.78, 5) is 2.84. The van der Waals surface area contributed by atoms with Gasteiger partial charge < -0.3 is 4.90 Å². The molecule has 0 N–H and O–H groups in total. The first-order chi connectivity index (χ1) is 9.91. The number of hydrogen-bond donors (Lipinski definition) is 0. The summed E-state index contributed by atoms with van der Waals surface area (Å²) in [7, 11) is 1.70. The van der Waals surface area contributed by atoms with Crippen molar-refractivity contribution in [3.05, 3.63) is 51.7 Å². The Morgan fingerprint density at radius 1 is 1.24 bits per heavy atom. The molecule has 0 aliphatic rings. The maximum Gasteiger partial charge on any atom is 0.418 e. The number of nitrogens with zero attached hydrogens (tertiary/aromatic N) is 1. The van der Waals surface area contributed by atoms with Crippen molar-refractivity contribution in [3.63, 3.8) is 0 Å². The number of benzene rings is 1. The summed E-state index contributed by atoms with van der Waals surface area (Å²) in [6.45, 7) is 0.553. The van der Waals surface area contributed by atoms with Gasteiger partial charge in [0.05, 0.1) is 5.56 Å². The molecule has 114 valence electrons. The highest BCUT2D eigenvalue weighted by Crippen LogP contribution is 2.37. The van der Waals surface area contributed by atoms with Crippen molar-refractivity contribution in [2.45, 2.75) is 17.9 Å². The fourth-order valence-corrected chi connectivity index (χ4v) is 3.13. The molecule has 1 aromatic carbocycles. The van der Waals surface area contributed by atoms with Crippen LogP contribution in [-0.4, -0.2) is 13.6 Å². The van der Waals surface area contributed by atoms with E-state index < -0.39 is 11.7 Å². The average molecular weight is 378 g/mol. The zero-order valence-corrected chi connectivity index (χ0v) is 13.9. The predicted molar refractivity (Wildman–Crippen MR) is 85.4 cm³/mol. The van der Waals surface area contributed by atoms with Crippen molar-refractivity contribution in [1.82, 2.24) is 0 Å². The molecule has 0 aliphatic heterocycles. The fourth-order valence-electron chi connectivity index (χ4n) is 2.08. The SMILES string of the molecule is CN(CCc1cccs1)c1ccc(CBr)cc1C(F)(F)F. The first kappa shape index (κ1) is 16.4. The van der Waals surface area contributed by atoms with Crippen LogP contribution in [-0.2, 0) is 17.9 Å². The van der Waals surface area contributed by atoms with Gasteiger partial charge in [-0.15, -0.1) is 11.3 Å². The predicted octanol–water partition coefficient (Wildman–Crippen LogP) is 5.34. The molecule has 0 atom stereocenters. The number of thiophene rings is 1. The number of halogens is 4. The molecule has 2 rings (SSSR count). The van der Waals surface area contributed by atoms with E-state index in [0.717, 1.165) is 6.42 Å². The molecular weight excluding hydrogens is 363 g/mol. The topological polar surface area (TPSA) is 3.24 Å². The van der Waals surface area contributed by atoms with Crippen molar-refractivity contribution in [3.8, 4) is 0 Å². The summed E-state index contributed by atoms with van der Waals surface area (Å²) in [5.41, 5.74) is 0.273. The minimum absolute atomic E-state index is 0.226. The van der Waals surface area contributed by atoms with Crippen LogP contribution < -0.4 is 4.90 Å². The van der Waals surface area contributed by atoms with Crippen molar-refractivity contribution < 1.29 is 13.2 Å². The Kier molecular flexibility index (Phi) is 5.32. The molecule has 0 amide bonds. The Bertz CT molecular complexity index is 581. The molecule has 0 radical (unpaired) electrons. The number of hydrogen-bond acceptors (Lipinski definition) is 2. The molecule has 1 nitrogen and oxygen atoms in total. The summed E-state index contributed by atoms with van der Waals surface area (Å²) < 4.78 is 39.6. The van der Waals surface area contributed by atoms with Gasteiger partial charge >= 0.3 is 6.18 Å². The lowest BCUT2D eigenvalue weighted by molar-refractivity contribution is -0.137. The third-order valence-corrected chi connectivity index (χ3v) is 4.79. The van der Waals surface area contributed by atoms with Gasteiger partial charge in [-0.3, -0.25) is 0 Å². The molecule has 0 saturated carbocycles. The van der Waals surface area contributed by atoms with Gasteiger partial charge in [-0.25, -0.2) is 0 Å². The van der Waals surface area contributed by atoms with Crippen molar-refractivity contribution >= 4 is 33.0 Å². The molecule has 6 heteroatoms. The summed E-state index contributed by atoms with van der Waals surface area (Å²) in [6, 6.07) is 8.43. The van der Waals surface area contributed by atoms with Crippen LogP contribution in [0, 0.1) is 0 Å².